The Labute approximate surface area is 359 Å². The van der Waals surface area contributed by atoms with Gasteiger partial charge in [-0.15, -0.1) is 0 Å². The first kappa shape index (κ1) is 40.9. The summed E-state index contributed by atoms with van der Waals surface area (Å²) in [6.07, 6.45) is 1.33. The van der Waals surface area contributed by atoms with Crippen LogP contribution < -0.4 is 20.4 Å². The monoisotopic (exact) mass is 849 g/mol. The highest BCUT2D eigenvalue weighted by Gasteiger charge is 2.67. The maximum atomic E-state index is 15.5. The zero-order valence-electron chi connectivity index (χ0n) is 34.9. The molecule has 0 saturated carbocycles. The topological polar surface area (TPSA) is 157 Å². The van der Waals surface area contributed by atoms with Crippen molar-refractivity contribution in [1.82, 2.24) is 14.7 Å². The van der Waals surface area contributed by atoms with Crippen LogP contribution in [-0.4, -0.2) is 70.5 Å². The van der Waals surface area contributed by atoms with E-state index in [0.29, 0.717) is 46.6 Å². The van der Waals surface area contributed by atoms with Crippen molar-refractivity contribution in [2.75, 3.05) is 18.6 Å². The predicted octanol–water partition coefficient (Wildman–Crippen LogP) is 6.40. The zero-order valence-corrected chi connectivity index (χ0v) is 35.9. The average molecular weight is 850 g/mol. The molecule has 3 aliphatic rings. The van der Waals surface area contributed by atoms with E-state index in [1.807, 2.05) is 79.7 Å². The Morgan fingerprint density at radius 3 is 2.45 bits per heavy atom. The number of methoxy groups -OCH3 is 1. The highest BCUT2D eigenvalue weighted by molar-refractivity contribution is 6.91. The van der Waals surface area contributed by atoms with Crippen molar-refractivity contribution in [3.8, 4) is 11.4 Å². The van der Waals surface area contributed by atoms with E-state index in [9.17, 15) is 24.8 Å². The van der Waals surface area contributed by atoms with Gasteiger partial charge >= 0.3 is 0 Å². The highest BCUT2D eigenvalue weighted by Crippen LogP contribution is 2.60. The number of nitrogens with zero attached hydrogens (tertiary/aromatic N) is 5. The van der Waals surface area contributed by atoms with Crippen LogP contribution in [0.3, 0.4) is 0 Å². The smallest absolute Gasteiger partial charge is 0.279 e. The van der Waals surface area contributed by atoms with E-state index in [-0.39, 0.29) is 48.2 Å². The van der Waals surface area contributed by atoms with E-state index in [0.717, 1.165) is 21.7 Å². The van der Waals surface area contributed by atoms with Crippen LogP contribution in [0.2, 0.25) is 18.6 Å². The summed E-state index contributed by atoms with van der Waals surface area (Å²) in [7, 11) is -1.09. The Balaban J connectivity index is 1.12. The molecule has 3 aliphatic heterocycles. The molecule has 6 aromatic rings. The number of amides is 2. The third-order valence-corrected chi connectivity index (χ3v) is 17.8. The van der Waals surface area contributed by atoms with Gasteiger partial charge in [0.05, 0.1) is 74.8 Å². The number of aliphatic hydroxyl groups is 1. The lowest BCUT2D eigenvalue weighted by Gasteiger charge is -2.39. The molecule has 4 heterocycles. The molecule has 1 spiro atoms. The number of anilines is 1. The normalized spacial score (nSPS) is 21.9. The maximum absolute atomic E-state index is 15.5. The lowest BCUT2D eigenvalue weighted by atomic mass is 9.82. The molecule has 1 saturated heterocycles. The van der Waals surface area contributed by atoms with Gasteiger partial charge in [0.15, 0.2) is 5.60 Å². The molecule has 0 aliphatic carbocycles. The number of hydrogen-bond donors (Lipinski definition) is 1. The van der Waals surface area contributed by atoms with Crippen LogP contribution in [0.25, 0.3) is 16.5 Å². The quantitative estimate of drug-likeness (QED) is 0.0936. The number of ether oxygens (including phenoxy) is 2. The molecular formula is C48H47N5O8Si. The molecule has 5 atom stereocenters. The second-order valence-corrected chi connectivity index (χ2v) is 21.8. The molecule has 13 nitrogen and oxygen atoms in total. The van der Waals surface area contributed by atoms with Crippen LogP contribution in [0.4, 0.5) is 11.4 Å². The second kappa shape index (κ2) is 15.8. The van der Waals surface area contributed by atoms with Crippen molar-refractivity contribution >= 4 is 47.2 Å². The van der Waals surface area contributed by atoms with Gasteiger partial charge in [0.1, 0.15) is 5.75 Å². The number of carbonyl (C=O) groups excluding carboxylic acids is 2. The van der Waals surface area contributed by atoms with Gasteiger partial charge in [-0.25, -0.2) is 0 Å². The average Bonchev–Trinajstić information content (AvgIpc) is 3.71. The summed E-state index contributed by atoms with van der Waals surface area (Å²) in [5, 5.41) is 29.7. The number of aliphatic hydroxyl groups excluding tert-OH is 1. The fourth-order valence-corrected chi connectivity index (χ4v) is 14.4. The molecule has 9 rings (SSSR count). The SMILES string of the molecule is COc1ccc([Si](C)(C)[C@H]2[C@H](CC(=O)N3Cc4ccccc4C[C@H]3CO)O[C@@]3(C(=O)N(Cc4cccc(-n5ncc6ccccc6c5=O)c4)c4ccc([N+](=O)[O-])cc43)[C@@H]2C)cc1. The number of aromatic nitrogens is 2. The number of rotatable bonds is 10. The van der Waals surface area contributed by atoms with Gasteiger partial charge in [-0.3, -0.25) is 24.5 Å². The Kier molecular flexibility index (Phi) is 10.4. The Morgan fingerprint density at radius 2 is 1.71 bits per heavy atom. The molecule has 1 N–H and O–H groups in total. The lowest BCUT2D eigenvalue weighted by Crippen LogP contribution is -2.52. The van der Waals surface area contributed by atoms with Gasteiger partial charge in [-0.2, -0.15) is 9.78 Å². The third-order valence-electron chi connectivity index (χ3n) is 13.5. The Hall–Kier alpha value is -6.48. The maximum Gasteiger partial charge on any atom is 0.279 e. The summed E-state index contributed by atoms with van der Waals surface area (Å²) < 4.78 is 14.0. The number of non-ortho nitro benzene ring substituents is 1. The lowest BCUT2D eigenvalue weighted by molar-refractivity contribution is -0.385. The molecule has 62 heavy (non-hydrogen) atoms. The molecular weight excluding hydrogens is 803 g/mol. The van der Waals surface area contributed by atoms with Gasteiger partial charge in [-0.1, -0.05) is 91.9 Å². The largest absolute Gasteiger partial charge is 0.497 e. The summed E-state index contributed by atoms with van der Waals surface area (Å²) in [6.45, 7) is 6.59. The molecule has 2 amide bonds. The summed E-state index contributed by atoms with van der Waals surface area (Å²) in [5.41, 5.74) is 1.71. The van der Waals surface area contributed by atoms with Crippen molar-refractivity contribution in [2.45, 2.75) is 69.2 Å². The van der Waals surface area contributed by atoms with Gasteiger partial charge in [-0.05, 0) is 65.1 Å². The predicted molar refractivity (Wildman–Crippen MR) is 237 cm³/mol. The van der Waals surface area contributed by atoms with Crippen molar-refractivity contribution < 1.29 is 29.1 Å². The number of nitro benzene ring substituents is 1. The minimum absolute atomic E-state index is 0.0604. The third kappa shape index (κ3) is 6.69. The molecule has 1 aromatic heterocycles. The van der Waals surface area contributed by atoms with Gasteiger partial charge in [0.25, 0.3) is 17.2 Å². The van der Waals surface area contributed by atoms with E-state index < -0.39 is 36.7 Å². The minimum Gasteiger partial charge on any atom is -0.497 e. The molecule has 0 unspecified atom stereocenters. The van der Waals surface area contributed by atoms with Crippen molar-refractivity contribution in [3.63, 3.8) is 0 Å². The van der Waals surface area contributed by atoms with Crippen molar-refractivity contribution in [2.24, 2.45) is 5.92 Å². The first-order valence-electron chi connectivity index (χ1n) is 20.8. The van der Waals surface area contributed by atoms with Crippen molar-refractivity contribution in [1.29, 1.82) is 0 Å². The summed E-state index contributed by atoms with van der Waals surface area (Å²) in [5.74, 6) is -0.421. The second-order valence-electron chi connectivity index (χ2n) is 17.2. The first-order chi connectivity index (χ1) is 29.8. The number of fused-ring (bicyclic) bond motifs is 4. The molecule has 0 radical (unpaired) electrons. The van der Waals surface area contributed by atoms with E-state index in [1.54, 1.807) is 53.4 Å². The van der Waals surface area contributed by atoms with Crippen LogP contribution in [-0.2, 0) is 39.4 Å². The van der Waals surface area contributed by atoms with Crippen LogP contribution in [0.15, 0.2) is 126 Å². The van der Waals surface area contributed by atoms with Gasteiger partial charge in [0.2, 0.25) is 5.91 Å². The standard InChI is InChI=1S/C48H47N5O8Si/c1-30-45(62(3,4)39-19-17-38(60-2)18-20-39)43(25-44(55)50-28-34-13-6-5-11-32(34)23-37(50)29-54)61-48(30)41-24-36(53(58)59)16-21-42(41)51(47(48)57)27-31-10-9-14-35(22-31)52-46(56)40-15-8-7-12-33(40)26-49-52/h5-22,24,26,30,37,43,45,54H,23,25,27-29H2,1-4H3/t30-,37+,43+,45-,48+/m1/s1. The molecule has 5 aromatic carbocycles. The van der Waals surface area contributed by atoms with E-state index >= 15 is 4.79 Å². The fraction of sp³-hybridized carbons (Fsp3) is 0.292. The van der Waals surface area contributed by atoms with E-state index in [2.05, 4.69) is 18.2 Å². The van der Waals surface area contributed by atoms with Crippen LogP contribution in [0.1, 0.15) is 35.6 Å². The van der Waals surface area contributed by atoms with E-state index in [1.165, 1.54) is 16.8 Å². The number of nitro groups is 1. The van der Waals surface area contributed by atoms with Gasteiger partial charge < -0.3 is 24.4 Å². The highest BCUT2D eigenvalue weighted by atomic mass is 28.3. The zero-order chi connectivity index (χ0) is 43.5. The fourth-order valence-electron chi connectivity index (χ4n) is 10.3. The summed E-state index contributed by atoms with van der Waals surface area (Å²) in [6, 6.07) is 34.3. The Bertz CT molecular complexity index is 2810. The van der Waals surface area contributed by atoms with E-state index in [4.69, 9.17) is 9.47 Å². The van der Waals surface area contributed by atoms with Gasteiger partial charge in [0, 0.05) is 35.5 Å². The van der Waals surface area contributed by atoms with Crippen molar-refractivity contribution in [3.05, 3.63) is 164 Å². The Morgan fingerprint density at radius 1 is 0.968 bits per heavy atom. The van der Waals surface area contributed by atoms with Crippen LogP contribution in [0.5, 0.6) is 5.75 Å². The molecule has 1 fully saturated rings. The minimum atomic E-state index is -2.70. The van der Waals surface area contributed by atoms with Crippen LogP contribution in [0, 0.1) is 16.0 Å². The van der Waals surface area contributed by atoms with Crippen LogP contribution >= 0.6 is 0 Å². The number of hydrogen-bond acceptors (Lipinski definition) is 9. The summed E-state index contributed by atoms with van der Waals surface area (Å²) in [4.78, 5) is 59.0. The first-order valence-corrected chi connectivity index (χ1v) is 23.9. The summed E-state index contributed by atoms with van der Waals surface area (Å²) >= 11 is 0. The molecule has 14 heteroatoms. The molecule has 0 bridgehead atoms. The number of benzene rings is 5. The molecule has 316 valence electrons. The number of carbonyl (C=O) groups is 2.